The molecule has 2 aromatic heterocycles. The van der Waals surface area contributed by atoms with Crippen LogP contribution >= 0.6 is 0 Å². The third-order valence-electron chi connectivity index (χ3n) is 9.82. The van der Waals surface area contributed by atoms with Gasteiger partial charge in [-0.1, -0.05) is 153 Å². The monoisotopic (exact) mass is 638 g/mol. The summed E-state index contributed by atoms with van der Waals surface area (Å²) in [5.41, 5.74) is 13.2. The Hall–Kier alpha value is -6.64. The van der Waals surface area contributed by atoms with E-state index in [1.54, 1.807) is 0 Å². The number of aromatic nitrogens is 2. The van der Waals surface area contributed by atoms with Gasteiger partial charge in [0, 0.05) is 32.9 Å². The maximum Gasteiger partial charge on any atom is 0.0547 e. The van der Waals surface area contributed by atoms with E-state index in [0.717, 1.165) is 55.8 Å². The van der Waals surface area contributed by atoms with E-state index in [1.807, 2.05) is 12.1 Å². The molecule has 0 fully saturated rings. The fourth-order valence-corrected chi connectivity index (χ4v) is 7.47. The molecule has 0 aliphatic heterocycles. The molecule has 0 unspecified atom stereocenters. The van der Waals surface area contributed by atoms with Crippen LogP contribution in [-0.4, -0.2) is 9.13 Å². The molecule has 0 bridgehead atoms. The zero-order valence-corrected chi connectivity index (χ0v) is 27.6. The second-order valence-corrected chi connectivity index (χ2v) is 12.8. The van der Waals surface area contributed by atoms with Gasteiger partial charge in [-0.2, -0.15) is 0 Å². The van der Waals surface area contributed by atoms with Gasteiger partial charge in [-0.15, -0.1) is 0 Å². The van der Waals surface area contributed by atoms with E-state index < -0.39 is 0 Å². The van der Waals surface area contributed by atoms with Crippen molar-refractivity contribution in [2.24, 2.45) is 0 Å². The molecule has 0 atom stereocenters. The first-order chi connectivity index (χ1) is 24.7. The summed E-state index contributed by atoms with van der Waals surface area (Å²) in [6.07, 6.45) is 2.19. The first kappa shape index (κ1) is 29.5. The maximum atomic E-state index is 4.69. The van der Waals surface area contributed by atoms with Gasteiger partial charge in [0.05, 0.1) is 22.1 Å². The molecule has 2 heteroatoms. The fraction of sp³-hybridized carbons (Fsp3) is 0. The third-order valence-corrected chi connectivity index (χ3v) is 9.82. The predicted octanol–water partition coefficient (Wildman–Crippen LogP) is 12.8. The van der Waals surface area contributed by atoms with E-state index in [9.17, 15) is 0 Å². The molecule has 0 saturated heterocycles. The Labute approximate surface area is 291 Å². The highest BCUT2D eigenvalue weighted by molar-refractivity contribution is 6.13. The average Bonchev–Trinajstić information content (AvgIpc) is 3.70. The maximum absolute atomic E-state index is 4.69. The molecule has 9 aromatic rings. The number of fused-ring (bicyclic) bond motifs is 6. The van der Waals surface area contributed by atoms with Crippen LogP contribution in [0.4, 0.5) is 0 Å². The molecule has 0 aliphatic rings. The van der Waals surface area contributed by atoms with Gasteiger partial charge in [0.2, 0.25) is 0 Å². The van der Waals surface area contributed by atoms with Gasteiger partial charge in [-0.25, -0.2) is 0 Å². The van der Waals surface area contributed by atoms with Crippen LogP contribution in [0, 0.1) is 0 Å². The molecule has 0 aliphatic carbocycles. The summed E-state index contributed by atoms with van der Waals surface area (Å²) in [6, 6.07) is 62.5. The Kier molecular flexibility index (Phi) is 7.14. The number of allylic oxidation sites excluding steroid dienone is 4. The minimum Gasteiger partial charge on any atom is -0.310 e. The molecule has 0 radical (unpaired) electrons. The largest absolute Gasteiger partial charge is 0.310 e. The summed E-state index contributed by atoms with van der Waals surface area (Å²) in [5.74, 6) is 0. The molecule has 2 heterocycles. The number of para-hydroxylation sites is 3. The molecule has 0 spiro atoms. The van der Waals surface area contributed by atoms with E-state index in [1.165, 1.54) is 32.6 Å². The van der Waals surface area contributed by atoms with Gasteiger partial charge in [0.25, 0.3) is 0 Å². The van der Waals surface area contributed by atoms with Crippen molar-refractivity contribution in [2.45, 2.75) is 0 Å². The predicted molar refractivity (Wildman–Crippen MR) is 214 cm³/mol. The van der Waals surface area contributed by atoms with Crippen LogP contribution in [0.15, 0.2) is 195 Å². The minimum atomic E-state index is 0.878. The van der Waals surface area contributed by atoms with Crippen LogP contribution in [0.2, 0.25) is 0 Å². The molecule has 50 heavy (non-hydrogen) atoms. The topological polar surface area (TPSA) is 9.86 Å². The molecule has 0 N–H and O–H groups in total. The Morgan fingerprint density at radius 3 is 1.60 bits per heavy atom. The lowest BCUT2D eigenvalue weighted by atomic mass is 9.93. The SMILES string of the molecule is C=C(/C(=C\C(=C)n1c2ccccc2c2ccc(-c3cccc(-n4c5ccccc5c5ccccc54)c3)cc21)c1ccccc1)c1ccccc1. The lowest BCUT2D eigenvalue weighted by Gasteiger charge is -2.15. The zero-order chi connectivity index (χ0) is 33.6. The van der Waals surface area contributed by atoms with E-state index in [2.05, 4.69) is 192 Å². The third kappa shape index (κ3) is 4.89. The fourth-order valence-electron chi connectivity index (χ4n) is 7.47. The first-order valence-corrected chi connectivity index (χ1v) is 17.0. The average molecular weight is 639 g/mol. The van der Waals surface area contributed by atoms with E-state index in [0.29, 0.717) is 0 Å². The molecule has 236 valence electrons. The summed E-state index contributed by atoms with van der Waals surface area (Å²) in [6.45, 7) is 9.25. The van der Waals surface area contributed by atoms with Crippen LogP contribution in [0.1, 0.15) is 11.1 Å². The Morgan fingerprint density at radius 1 is 0.420 bits per heavy atom. The molecule has 7 aromatic carbocycles. The van der Waals surface area contributed by atoms with Crippen molar-refractivity contribution in [2.75, 3.05) is 0 Å². The van der Waals surface area contributed by atoms with Gasteiger partial charge in [-0.3, -0.25) is 0 Å². The first-order valence-electron chi connectivity index (χ1n) is 17.0. The van der Waals surface area contributed by atoms with Crippen molar-refractivity contribution in [1.82, 2.24) is 9.13 Å². The summed E-state index contributed by atoms with van der Waals surface area (Å²) >= 11 is 0. The standard InChI is InChI=1S/C48H34N2/c1-33(30-44(36-18-7-4-8-19-36)34(2)35-16-5-3-6-17-35)49-45-25-12-9-24-42(45)43-29-28-38(32-48(43)49)37-20-15-21-39(31-37)50-46-26-13-10-22-40(46)41-23-11-14-27-47(41)50/h3-32H,1-2H2/b44-30+. The second kappa shape index (κ2) is 12.1. The van der Waals surface area contributed by atoms with Crippen molar-refractivity contribution in [1.29, 1.82) is 0 Å². The highest BCUT2D eigenvalue weighted by Crippen LogP contribution is 2.38. The van der Waals surface area contributed by atoms with Crippen LogP contribution in [-0.2, 0) is 0 Å². The summed E-state index contributed by atoms with van der Waals surface area (Å²) in [4.78, 5) is 0. The lowest BCUT2D eigenvalue weighted by Crippen LogP contribution is -1.97. The Balaban J connectivity index is 1.21. The van der Waals surface area contributed by atoms with Gasteiger partial charge < -0.3 is 9.13 Å². The van der Waals surface area contributed by atoms with Gasteiger partial charge in [0.1, 0.15) is 0 Å². The Bertz CT molecular complexity index is 2720. The van der Waals surface area contributed by atoms with Gasteiger partial charge >= 0.3 is 0 Å². The molecular formula is C48H34N2. The summed E-state index contributed by atoms with van der Waals surface area (Å²) in [7, 11) is 0. The van der Waals surface area contributed by atoms with Gasteiger partial charge in [0.15, 0.2) is 0 Å². The Morgan fingerprint density at radius 2 is 0.940 bits per heavy atom. The van der Waals surface area contributed by atoms with Crippen molar-refractivity contribution in [3.05, 3.63) is 206 Å². The number of nitrogens with zero attached hydrogens (tertiary/aromatic N) is 2. The number of benzene rings is 7. The van der Waals surface area contributed by atoms with E-state index >= 15 is 0 Å². The van der Waals surface area contributed by atoms with E-state index in [-0.39, 0.29) is 0 Å². The van der Waals surface area contributed by atoms with Crippen molar-refractivity contribution < 1.29 is 0 Å². The number of rotatable bonds is 7. The second-order valence-electron chi connectivity index (χ2n) is 12.8. The zero-order valence-electron chi connectivity index (χ0n) is 27.6. The molecule has 2 nitrogen and oxygen atoms in total. The van der Waals surface area contributed by atoms with Crippen LogP contribution in [0.3, 0.4) is 0 Å². The molecular weight excluding hydrogens is 605 g/mol. The minimum absolute atomic E-state index is 0.878. The molecule has 0 saturated carbocycles. The normalized spacial score (nSPS) is 11.9. The highest BCUT2D eigenvalue weighted by atomic mass is 15.0. The summed E-state index contributed by atoms with van der Waals surface area (Å²) in [5, 5.41) is 4.91. The molecule has 0 amide bonds. The summed E-state index contributed by atoms with van der Waals surface area (Å²) < 4.78 is 4.67. The smallest absolute Gasteiger partial charge is 0.0547 e. The van der Waals surface area contributed by atoms with Gasteiger partial charge in [-0.05, 0) is 75.9 Å². The number of hydrogen-bond acceptors (Lipinski definition) is 0. The van der Waals surface area contributed by atoms with E-state index in [4.69, 9.17) is 0 Å². The van der Waals surface area contributed by atoms with Crippen molar-refractivity contribution >= 4 is 60.5 Å². The quantitative estimate of drug-likeness (QED) is 0.154. The van der Waals surface area contributed by atoms with Crippen LogP contribution < -0.4 is 0 Å². The van der Waals surface area contributed by atoms with Crippen LogP contribution in [0.5, 0.6) is 0 Å². The van der Waals surface area contributed by atoms with Crippen molar-refractivity contribution in [3.63, 3.8) is 0 Å². The van der Waals surface area contributed by atoms with Crippen LogP contribution in [0.25, 0.3) is 77.3 Å². The van der Waals surface area contributed by atoms with Crippen molar-refractivity contribution in [3.8, 4) is 16.8 Å². The molecule has 9 rings (SSSR count). The number of hydrogen-bond donors (Lipinski definition) is 0. The lowest BCUT2D eigenvalue weighted by molar-refractivity contribution is 1.18. The highest BCUT2D eigenvalue weighted by Gasteiger charge is 2.17.